The number of carbonyl (C=O) groups is 1. The highest BCUT2D eigenvalue weighted by Crippen LogP contribution is 2.12. The van der Waals surface area contributed by atoms with E-state index in [4.69, 9.17) is 5.73 Å². The van der Waals surface area contributed by atoms with Crippen molar-refractivity contribution in [2.45, 2.75) is 19.2 Å². The zero-order chi connectivity index (χ0) is 14.5. The van der Waals surface area contributed by atoms with Crippen LogP contribution in [-0.4, -0.2) is 26.7 Å². The van der Waals surface area contributed by atoms with Gasteiger partial charge in [0.05, 0.1) is 12.4 Å². The minimum absolute atomic E-state index is 0.114. The molecular weight excluding hydrogens is 273 g/mol. The number of carbonyl (C=O) groups excluding carboxylic acids is 1. The van der Waals surface area contributed by atoms with Gasteiger partial charge in [-0.25, -0.2) is 12.8 Å². The van der Waals surface area contributed by atoms with Crippen LogP contribution in [0.25, 0.3) is 0 Å². The van der Waals surface area contributed by atoms with Crippen LogP contribution in [0, 0.1) is 5.82 Å². The Morgan fingerprint density at radius 2 is 1.95 bits per heavy atom. The number of benzene rings is 1. The van der Waals surface area contributed by atoms with Crippen molar-refractivity contribution in [3.8, 4) is 0 Å². The smallest absolute Gasteiger partial charge is 0.321 e. The van der Waals surface area contributed by atoms with E-state index in [-0.39, 0.29) is 18.7 Å². The van der Waals surface area contributed by atoms with E-state index >= 15 is 0 Å². The van der Waals surface area contributed by atoms with Crippen LogP contribution in [0.4, 0.5) is 4.39 Å². The van der Waals surface area contributed by atoms with Crippen LogP contribution in [0.3, 0.4) is 0 Å². The van der Waals surface area contributed by atoms with E-state index in [1.54, 1.807) is 6.92 Å². The summed E-state index contributed by atoms with van der Waals surface area (Å²) in [5.41, 5.74) is 6.15. The molecule has 0 fully saturated rings. The molecule has 0 unspecified atom stereocenters. The Kier molecular flexibility index (Phi) is 5.44. The maximum absolute atomic E-state index is 13.2. The molecule has 2 N–H and O–H groups in total. The van der Waals surface area contributed by atoms with Crippen molar-refractivity contribution in [2.24, 2.45) is 5.73 Å². The van der Waals surface area contributed by atoms with Crippen LogP contribution >= 0.6 is 0 Å². The summed E-state index contributed by atoms with van der Waals surface area (Å²) >= 11 is 0. The lowest BCUT2D eigenvalue weighted by Crippen LogP contribution is -2.20. The lowest BCUT2D eigenvalue weighted by molar-refractivity contribution is -0.139. The molecule has 106 valence electrons. The van der Waals surface area contributed by atoms with Crippen LogP contribution in [-0.2, 0) is 31.7 Å². The summed E-state index contributed by atoms with van der Waals surface area (Å²) in [6, 6.07) is 3.86. The SMILES string of the molecule is CCOC(=O)CS(=O)(=O)Cc1cc(F)cc(CN)c1. The molecule has 5 nitrogen and oxygen atoms in total. The van der Waals surface area contributed by atoms with Gasteiger partial charge >= 0.3 is 5.97 Å². The fourth-order valence-electron chi connectivity index (χ4n) is 1.61. The number of nitrogens with two attached hydrogens (primary N) is 1. The Morgan fingerprint density at radius 3 is 2.53 bits per heavy atom. The predicted octanol–water partition coefficient (Wildman–Crippen LogP) is 0.762. The van der Waals surface area contributed by atoms with E-state index < -0.39 is 33.1 Å². The lowest BCUT2D eigenvalue weighted by Gasteiger charge is -2.06. The van der Waals surface area contributed by atoms with Crippen LogP contribution in [0.1, 0.15) is 18.1 Å². The summed E-state index contributed by atoms with van der Waals surface area (Å²) in [4.78, 5) is 11.1. The highest BCUT2D eigenvalue weighted by Gasteiger charge is 2.18. The number of sulfone groups is 1. The topological polar surface area (TPSA) is 86.5 Å². The summed E-state index contributed by atoms with van der Waals surface area (Å²) in [6.07, 6.45) is 0. The molecule has 1 aromatic rings. The van der Waals surface area contributed by atoms with Gasteiger partial charge in [-0.3, -0.25) is 4.79 Å². The first kappa shape index (κ1) is 15.6. The average molecular weight is 289 g/mol. The summed E-state index contributed by atoms with van der Waals surface area (Å²) in [6.45, 7) is 1.82. The molecule has 1 aromatic carbocycles. The number of ether oxygens (including phenoxy) is 1. The van der Waals surface area contributed by atoms with Crippen LogP contribution in [0.15, 0.2) is 18.2 Å². The predicted molar refractivity (Wildman–Crippen MR) is 68.4 cm³/mol. The highest BCUT2D eigenvalue weighted by atomic mass is 32.2. The molecule has 0 aliphatic carbocycles. The first-order valence-electron chi connectivity index (χ1n) is 5.70. The van der Waals surface area contributed by atoms with Crippen LogP contribution in [0.2, 0.25) is 0 Å². The van der Waals surface area contributed by atoms with Crippen LogP contribution in [0.5, 0.6) is 0 Å². The largest absolute Gasteiger partial charge is 0.465 e. The highest BCUT2D eigenvalue weighted by molar-refractivity contribution is 7.91. The third-order valence-electron chi connectivity index (χ3n) is 2.28. The normalized spacial score (nSPS) is 11.3. The molecule has 1 rings (SSSR count). The summed E-state index contributed by atoms with van der Waals surface area (Å²) in [5.74, 6) is -2.49. The monoisotopic (exact) mass is 289 g/mol. The lowest BCUT2D eigenvalue weighted by atomic mass is 10.1. The van der Waals surface area contributed by atoms with E-state index in [0.717, 1.165) is 6.07 Å². The Balaban J connectivity index is 2.83. The Hall–Kier alpha value is -1.47. The minimum atomic E-state index is -3.68. The zero-order valence-electron chi connectivity index (χ0n) is 10.6. The van der Waals surface area contributed by atoms with Crippen molar-refractivity contribution in [2.75, 3.05) is 12.4 Å². The molecule has 0 saturated carbocycles. The van der Waals surface area contributed by atoms with E-state index in [1.165, 1.54) is 12.1 Å². The van der Waals surface area contributed by atoms with Gasteiger partial charge in [-0.05, 0) is 30.2 Å². The Bertz CT molecular complexity index is 557. The Morgan fingerprint density at radius 1 is 1.32 bits per heavy atom. The molecule has 0 spiro atoms. The van der Waals surface area contributed by atoms with Crippen molar-refractivity contribution in [1.29, 1.82) is 0 Å². The second-order valence-corrected chi connectivity index (χ2v) is 6.07. The number of halogens is 1. The average Bonchev–Trinajstić information content (AvgIpc) is 2.26. The van der Waals surface area contributed by atoms with Gasteiger partial charge in [-0.15, -0.1) is 0 Å². The van der Waals surface area contributed by atoms with Crippen molar-refractivity contribution in [3.05, 3.63) is 35.1 Å². The van der Waals surface area contributed by atoms with E-state index in [9.17, 15) is 17.6 Å². The van der Waals surface area contributed by atoms with Crippen molar-refractivity contribution < 1.29 is 22.3 Å². The quantitative estimate of drug-likeness (QED) is 0.781. The fourth-order valence-corrected chi connectivity index (χ4v) is 2.82. The third kappa shape index (κ3) is 5.35. The second kappa shape index (κ2) is 6.63. The summed E-state index contributed by atoms with van der Waals surface area (Å²) < 4.78 is 41.3. The molecule has 0 aliphatic heterocycles. The molecule has 0 amide bonds. The van der Waals surface area contributed by atoms with Crippen molar-refractivity contribution in [1.82, 2.24) is 0 Å². The molecule has 7 heteroatoms. The molecule has 0 heterocycles. The maximum Gasteiger partial charge on any atom is 0.321 e. The van der Waals surface area contributed by atoms with Gasteiger partial charge in [-0.2, -0.15) is 0 Å². The number of hydrogen-bond donors (Lipinski definition) is 1. The maximum atomic E-state index is 13.2. The molecule has 0 saturated heterocycles. The number of hydrogen-bond acceptors (Lipinski definition) is 5. The van der Waals surface area contributed by atoms with Gasteiger partial charge < -0.3 is 10.5 Å². The zero-order valence-corrected chi connectivity index (χ0v) is 11.4. The van der Waals surface area contributed by atoms with Gasteiger partial charge in [0.25, 0.3) is 0 Å². The first-order valence-corrected chi connectivity index (χ1v) is 7.53. The summed E-state index contributed by atoms with van der Waals surface area (Å²) in [5, 5.41) is 0. The molecule has 19 heavy (non-hydrogen) atoms. The fraction of sp³-hybridized carbons (Fsp3) is 0.417. The van der Waals surface area contributed by atoms with Gasteiger partial charge in [0, 0.05) is 6.54 Å². The standard InChI is InChI=1S/C12H16FNO4S/c1-2-18-12(15)8-19(16,17)7-10-3-9(6-14)4-11(13)5-10/h3-5H,2,6-8,14H2,1H3. The molecule has 0 aliphatic rings. The van der Waals surface area contributed by atoms with Gasteiger partial charge in [-0.1, -0.05) is 6.07 Å². The molecule has 0 aromatic heterocycles. The first-order chi connectivity index (χ1) is 8.86. The van der Waals surface area contributed by atoms with Crippen LogP contribution < -0.4 is 5.73 Å². The number of rotatable bonds is 6. The third-order valence-corrected chi connectivity index (χ3v) is 3.73. The van der Waals surface area contributed by atoms with E-state index in [1.807, 2.05) is 0 Å². The van der Waals surface area contributed by atoms with Crippen molar-refractivity contribution in [3.63, 3.8) is 0 Å². The number of esters is 1. The van der Waals surface area contributed by atoms with Gasteiger partial charge in [0.15, 0.2) is 9.84 Å². The molecular formula is C12H16FNO4S. The molecule has 0 bridgehead atoms. The minimum Gasteiger partial charge on any atom is -0.465 e. The molecule has 0 radical (unpaired) electrons. The summed E-state index contributed by atoms with van der Waals surface area (Å²) in [7, 11) is -3.68. The van der Waals surface area contributed by atoms with Gasteiger partial charge in [0.2, 0.25) is 0 Å². The second-order valence-electron chi connectivity index (χ2n) is 4.01. The van der Waals surface area contributed by atoms with Gasteiger partial charge in [0.1, 0.15) is 11.6 Å². The van der Waals surface area contributed by atoms with E-state index in [2.05, 4.69) is 4.74 Å². The van der Waals surface area contributed by atoms with E-state index in [0.29, 0.717) is 5.56 Å². The van der Waals surface area contributed by atoms with Crippen molar-refractivity contribution >= 4 is 15.8 Å². The Labute approximate surface area is 111 Å². The molecule has 0 atom stereocenters.